The van der Waals surface area contributed by atoms with E-state index in [1.165, 1.54) is 22.5 Å². The van der Waals surface area contributed by atoms with Crippen LogP contribution < -0.4 is 10.6 Å². The number of halogens is 1. The molecule has 1 aliphatic heterocycles. The Labute approximate surface area is 194 Å². The van der Waals surface area contributed by atoms with Gasteiger partial charge >= 0.3 is 0 Å². The first-order chi connectivity index (χ1) is 15.7. The van der Waals surface area contributed by atoms with Gasteiger partial charge in [0.25, 0.3) is 0 Å². The van der Waals surface area contributed by atoms with Crippen molar-refractivity contribution in [2.24, 2.45) is 11.8 Å². The van der Waals surface area contributed by atoms with Gasteiger partial charge in [-0.1, -0.05) is 38.1 Å². The number of hydrogen-bond acceptors (Lipinski definition) is 4. The molecule has 0 atom stereocenters. The highest BCUT2D eigenvalue weighted by Gasteiger charge is 2.33. The van der Waals surface area contributed by atoms with Crippen molar-refractivity contribution in [3.63, 3.8) is 0 Å². The van der Waals surface area contributed by atoms with Crippen LogP contribution in [0.1, 0.15) is 38.7 Å². The fraction of sp³-hybridized carbons (Fsp3) is 0.417. The third-order valence-electron chi connectivity index (χ3n) is 5.55. The summed E-state index contributed by atoms with van der Waals surface area (Å²) in [6.07, 6.45) is 1.17. The Hall–Kier alpha value is -2.78. The zero-order chi connectivity index (χ0) is 24.0. The van der Waals surface area contributed by atoms with E-state index in [4.69, 9.17) is 0 Å². The minimum Gasteiger partial charge on any atom is -0.352 e. The number of rotatable bonds is 8. The van der Waals surface area contributed by atoms with Gasteiger partial charge < -0.3 is 10.6 Å². The van der Waals surface area contributed by atoms with E-state index in [-0.39, 0.29) is 41.6 Å². The fourth-order valence-corrected chi connectivity index (χ4v) is 5.36. The lowest BCUT2D eigenvalue weighted by atomic mass is 9.97. The average molecular weight is 476 g/mol. The van der Waals surface area contributed by atoms with Crippen molar-refractivity contribution >= 4 is 27.5 Å². The van der Waals surface area contributed by atoms with Crippen LogP contribution in [0.3, 0.4) is 0 Å². The van der Waals surface area contributed by atoms with E-state index >= 15 is 0 Å². The van der Waals surface area contributed by atoms with Crippen LogP contribution in [-0.2, 0) is 26.2 Å². The highest BCUT2D eigenvalue weighted by Crippen LogP contribution is 2.25. The predicted octanol–water partition coefficient (Wildman–Crippen LogP) is 3.53. The molecule has 1 saturated heterocycles. The topological polar surface area (TPSA) is 95.6 Å². The minimum atomic E-state index is -3.93. The summed E-state index contributed by atoms with van der Waals surface area (Å²) in [4.78, 5) is 24.3. The Balaban J connectivity index is 1.51. The molecule has 2 amide bonds. The first kappa shape index (κ1) is 24.9. The van der Waals surface area contributed by atoms with Crippen molar-refractivity contribution in [2.45, 2.75) is 44.6 Å². The highest BCUT2D eigenvalue weighted by molar-refractivity contribution is 7.89. The van der Waals surface area contributed by atoms with Crippen LogP contribution in [0.5, 0.6) is 0 Å². The van der Waals surface area contributed by atoms with Gasteiger partial charge in [-0.2, -0.15) is 4.31 Å². The third kappa shape index (κ3) is 6.61. The van der Waals surface area contributed by atoms with Crippen molar-refractivity contribution in [1.29, 1.82) is 0 Å². The molecule has 3 rings (SSSR count). The lowest BCUT2D eigenvalue weighted by Gasteiger charge is -2.30. The summed E-state index contributed by atoms with van der Waals surface area (Å²) in [5, 5.41) is 5.76. The van der Waals surface area contributed by atoms with Crippen molar-refractivity contribution < 1.29 is 22.4 Å². The Bertz CT molecular complexity index is 1100. The molecule has 1 fully saturated rings. The normalized spacial score (nSPS) is 15.4. The van der Waals surface area contributed by atoms with Crippen LogP contribution >= 0.6 is 0 Å². The van der Waals surface area contributed by atoms with Crippen LogP contribution in [0.25, 0.3) is 0 Å². The number of sulfonamides is 1. The second kappa shape index (κ2) is 10.9. The van der Waals surface area contributed by atoms with E-state index < -0.39 is 15.8 Å². The second-order valence-corrected chi connectivity index (χ2v) is 10.6. The van der Waals surface area contributed by atoms with Crippen LogP contribution in [0.2, 0.25) is 0 Å². The van der Waals surface area contributed by atoms with E-state index in [1.807, 2.05) is 32.0 Å². The lowest BCUT2D eigenvalue weighted by molar-refractivity contribution is -0.126. The quantitative estimate of drug-likeness (QED) is 0.611. The van der Waals surface area contributed by atoms with Crippen LogP contribution in [0.4, 0.5) is 10.1 Å². The average Bonchev–Trinajstić information content (AvgIpc) is 2.77. The maximum atomic E-state index is 14.0. The Morgan fingerprint density at radius 2 is 1.79 bits per heavy atom. The van der Waals surface area contributed by atoms with E-state index in [1.54, 1.807) is 6.07 Å². The Morgan fingerprint density at radius 1 is 1.09 bits per heavy atom. The van der Waals surface area contributed by atoms with Crippen molar-refractivity contribution in [2.75, 3.05) is 18.4 Å². The molecule has 2 aromatic rings. The fourth-order valence-electron chi connectivity index (χ4n) is 3.83. The highest BCUT2D eigenvalue weighted by atomic mass is 32.2. The number of carbonyl (C=O) groups is 2. The summed E-state index contributed by atoms with van der Waals surface area (Å²) in [7, 11) is -3.93. The summed E-state index contributed by atoms with van der Waals surface area (Å²) < 4.78 is 40.6. The molecule has 1 aliphatic rings. The summed E-state index contributed by atoms with van der Waals surface area (Å²) >= 11 is 0. The van der Waals surface area contributed by atoms with Crippen molar-refractivity contribution in [1.82, 2.24) is 9.62 Å². The monoisotopic (exact) mass is 475 g/mol. The van der Waals surface area contributed by atoms with Crippen molar-refractivity contribution in [3.05, 3.63) is 59.9 Å². The maximum Gasteiger partial charge on any atom is 0.245 e. The van der Waals surface area contributed by atoms with Crippen LogP contribution in [-0.4, -0.2) is 37.6 Å². The van der Waals surface area contributed by atoms with E-state index in [0.717, 1.165) is 11.6 Å². The van der Waals surface area contributed by atoms with E-state index in [0.29, 0.717) is 31.5 Å². The largest absolute Gasteiger partial charge is 0.352 e. The van der Waals surface area contributed by atoms with Gasteiger partial charge in [-0.25, -0.2) is 12.8 Å². The SMILES string of the molecule is CC(C)CC(=O)Nc1cccc(CNC(=O)C2CCN(S(=O)(=O)c3ccccc3F)CC2)c1. The molecule has 1 heterocycles. The first-order valence-corrected chi connectivity index (χ1v) is 12.5. The van der Waals surface area contributed by atoms with Gasteiger partial charge in [0.15, 0.2) is 0 Å². The summed E-state index contributed by atoms with van der Waals surface area (Å²) in [6.45, 7) is 4.58. The molecule has 178 valence electrons. The number of benzene rings is 2. The third-order valence-corrected chi connectivity index (χ3v) is 7.48. The van der Waals surface area contributed by atoms with E-state index in [2.05, 4.69) is 10.6 Å². The predicted molar refractivity (Wildman–Crippen MR) is 124 cm³/mol. The van der Waals surface area contributed by atoms with Crippen LogP contribution in [0.15, 0.2) is 53.4 Å². The summed E-state index contributed by atoms with van der Waals surface area (Å²) in [6, 6.07) is 12.6. The van der Waals surface area contributed by atoms with Gasteiger partial charge in [0.05, 0.1) is 0 Å². The van der Waals surface area contributed by atoms with Gasteiger partial charge in [0, 0.05) is 37.7 Å². The number of nitrogens with zero attached hydrogens (tertiary/aromatic N) is 1. The molecule has 0 spiro atoms. The molecular weight excluding hydrogens is 445 g/mol. The smallest absolute Gasteiger partial charge is 0.245 e. The van der Waals surface area contributed by atoms with Crippen molar-refractivity contribution in [3.8, 4) is 0 Å². The minimum absolute atomic E-state index is 0.0525. The molecule has 0 aliphatic carbocycles. The molecule has 33 heavy (non-hydrogen) atoms. The molecule has 0 unspecified atom stereocenters. The van der Waals surface area contributed by atoms with Gasteiger partial charge in [-0.3, -0.25) is 9.59 Å². The first-order valence-electron chi connectivity index (χ1n) is 11.1. The number of anilines is 1. The number of piperidine rings is 1. The lowest BCUT2D eigenvalue weighted by Crippen LogP contribution is -2.43. The second-order valence-electron chi connectivity index (χ2n) is 8.67. The van der Waals surface area contributed by atoms with Crippen LogP contribution in [0, 0.1) is 17.7 Å². The Morgan fingerprint density at radius 3 is 2.45 bits per heavy atom. The molecule has 0 saturated carbocycles. The van der Waals surface area contributed by atoms with Gasteiger partial charge in [0.2, 0.25) is 21.8 Å². The summed E-state index contributed by atoms with van der Waals surface area (Å²) in [5.74, 6) is -1.03. The molecule has 2 aromatic carbocycles. The number of amides is 2. The number of nitrogens with one attached hydrogen (secondary N) is 2. The zero-order valence-electron chi connectivity index (χ0n) is 18.9. The zero-order valence-corrected chi connectivity index (χ0v) is 19.7. The maximum absolute atomic E-state index is 14.0. The van der Waals surface area contributed by atoms with Gasteiger partial charge in [-0.15, -0.1) is 0 Å². The van der Waals surface area contributed by atoms with Gasteiger partial charge in [-0.05, 0) is 48.6 Å². The number of carbonyl (C=O) groups excluding carboxylic acids is 2. The molecule has 9 heteroatoms. The number of hydrogen-bond donors (Lipinski definition) is 2. The molecule has 7 nitrogen and oxygen atoms in total. The molecule has 0 aromatic heterocycles. The van der Waals surface area contributed by atoms with Gasteiger partial charge in [0.1, 0.15) is 10.7 Å². The molecule has 0 bridgehead atoms. The molecule has 2 N–H and O–H groups in total. The molecular formula is C24H30FN3O4S. The summed E-state index contributed by atoms with van der Waals surface area (Å²) in [5.41, 5.74) is 1.53. The Kier molecular flexibility index (Phi) is 8.20. The van der Waals surface area contributed by atoms with E-state index in [9.17, 15) is 22.4 Å². The standard InChI is InChI=1S/C24H30FN3O4S/c1-17(2)14-23(29)27-20-7-5-6-18(15-20)16-26-24(30)19-10-12-28(13-11-19)33(31,32)22-9-4-3-8-21(22)25/h3-9,15,17,19H,10-14,16H2,1-2H3,(H,26,30)(H,27,29). The molecule has 0 radical (unpaired) electrons.